The number of carbonyl (C=O) groups excluding carboxylic acids is 1. The van der Waals surface area contributed by atoms with Crippen molar-refractivity contribution in [2.45, 2.75) is 208 Å². The molecule has 0 spiro atoms. The molecule has 2 nitrogen and oxygen atoms in total. The van der Waals surface area contributed by atoms with Gasteiger partial charge in [-0.15, -0.1) is 0 Å². The molecule has 0 amide bonds. The van der Waals surface area contributed by atoms with E-state index in [9.17, 15) is 4.79 Å². The second-order valence-electron chi connectivity index (χ2n) is 18.1. The highest BCUT2D eigenvalue weighted by atomic mass is 16.5. The van der Waals surface area contributed by atoms with Gasteiger partial charge in [0.2, 0.25) is 0 Å². The monoisotopic (exact) mass is 677 g/mol. The molecule has 9 unspecified atom stereocenters. The van der Waals surface area contributed by atoms with Gasteiger partial charge < -0.3 is 4.74 Å². The SMILES string of the molecule is C=C(C)C(C=CC(C)C1CCC2C3CC=C4CC(OC(=O)CCCCCCCCCCCCCCCCC)CCC4(C)C3CCC12C)CC. The summed E-state index contributed by atoms with van der Waals surface area (Å²) in [7, 11) is 0. The molecule has 0 aliphatic heterocycles. The topological polar surface area (TPSA) is 26.3 Å². The molecule has 0 saturated heterocycles. The first kappa shape index (κ1) is 40.5. The molecule has 4 aliphatic rings. The largest absolute Gasteiger partial charge is 0.462 e. The Morgan fingerprint density at radius 1 is 0.837 bits per heavy atom. The zero-order valence-electron chi connectivity index (χ0n) is 33.5. The molecule has 0 radical (unpaired) electrons. The van der Waals surface area contributed by atoms with Crippen LogP contribution in [0.4, 0.5) is 0 Å². The highest BCUT2D eigenvalue weighted by Gasteiger charge is 2.59. The third-order valence-corrected chi connectivity index (χ3v) is 14.8. The van der Waals surface area contributed by atoms with E-state index in [2.05, 4.69) is 66.3 Å². The molecule has 3 saturated carbocycles. The lowest BCUT2D eigenvalue weighted by molar-refractivity contribution is -0.151. The van der Waals surface area contributed by atoms with Gasteiger partial charge in [-0.25, -0.2) is 0 Å². The minimum absolute atomic E-state index is 0.0553. The van der Waals surface area contributed by atoms with Crippen molar-refractivity contribution >= 4 is 5.97 Å². The lowest BCUT2D eigenvalue weighted by Crippen LogP contribution is -2.51. The fourth-order valence-corrected chi connectivity index (χ4v) is 11.6. The summed E-state index contributed by atoms with van der Waals surface area (Å²) in [5.41, 5.74) is 3.70. The van der Waals surface area contributed by atoms with Crippen molar-refractivity contribution in [2.75, 3.05) is 0 Å². The molecule has 0 bridgehead atoms. The molecule has 0 aromatic rings. The molecule has 4 aliphatic carbocycles. The van der Waals surface area contributed by atoms with E-state index in [0.29, 0.717) is 29.1 Å². The van der Waals surface area contributed by atoms with Crippen LogP contribution in [0.3, 0.4) is 0 Å². The van der Waals surface area contributed by atoms with Crippen LogP contribution >= 0.6 is 0 Å². The summed E-state index contributed by atoms with van der Waals surface area (Å²) in [5, 5.41) is 0. The highest BCUT2D eigenvalue weighted by molar-refractivity contribution is 5.69. The number of ether oxygens (including phenoxy) is 1. The normalized spacial score (nSPS) is 32.2. The van der Waals surface area contributed by atoms with Gasteiger partial charge in [-0.2, -0.15) is 0 Å². The van der Waals surface area contributed by atoms with Crippen LogP contribution in [0.25, 0.3) is 0 Å². The van der Waals surface area contributed by atoms with E-state index >= 15 is 0 Å². The second-order valence-corrected chi connectivity index (χ2v) is 18.1. The first-order valence-corrected chi connectivity index (χ1v) is 21.9. The number of hydrogen-bond donors (Lipinski definition) is 0. The Labute approximate surface area is 305 Å². The lowest BCUT2D eigenvalue weighted by atomic mass is 9.47. The summed E-state index contributed by atoms with van der Waals surface area (Å²) in [5.74, 6) is 4.51. The van der Waals surface area contributed by atoms with Crippen LogP contribution in [0.15, 0.2) is 36.0 Å². The Morgan fingerprint density at radius 3 is 2.04 bits per heavy atom. The van der Waals surface area contributed by atoms with Crippen LogP contribution < -0.4 is 0 Å². The molecular weight excluding hydrogens is 597 g/mol. The summed E-state index contributed by atoms with van der Waals surface area (Å²) in [6.07, 6.45) is 39.9. The van der Waals surface area contributed by atoms with Gasteiger partial charge in [-0.3, -0.25) is 4.79 Å². The van der Waals surface area contributed by atoms with Crippen molar-refractivity contribution in [2.24, 2.45) is 46.3 Å². The second kappa shape index (κ2) is 20.1. The minimum Gasteiger partial charge on any atom is -0.462 e. The van der Waals surface area contributed by atoms with Gasteiger partial charge in [-0.05, 0) is 111 Å². The average Bonchev–Trinajstić information content (AvgIpc) is 3.44. The molecule has 49 heavy (non-hydrogen) atoms. The Hall–Kier alpha value is -1.31. The van der Waals surface area contributed by atoms with Crippen LogP contribution in [0.1, 0.15) is 202 Å². The quantitative estimate of drug-likeness (QED) is 0.0648. The number of esters is 1. The average molecular weight is 677 g/mol. The van der Waals surface area contributed by atoms with Gasteiger partial charge in [0.1, 0.15) is 6.10 Å². The third-order valence-electron chi connectivity index (χ3n) is 14.8. The zero-order valence-corrected chi connectivity index (χ0v) is 33.5. The van der Waals surface area contributed by atoms with Gasteiger partial charge in [0.15, 0.2) is 0 Å². The maximum Gasteiger partial charge on any atom is 0.306 e. The molecule has 4 rings (SSSR count). The smallest absolute Gasteiger partial charge is 0.306 e. The third kappa shape index (κ3) is 10.9. The predicted molar refractivity (Wildman–Crippen MR) is 212 cm³/mol. The van der Waals surface area contributed by atoms with E-state index in [4.69, 9.17) is 4.74 Å². The van der Waals surface area contributed by atoms with E-state index in [-0.39, 0.29) is 12.1 Å². The van der Waals surface area contributed by atoms with Crippen molar-refractivity contribution < 1.29 is 9.53 Å². The summed E-state index contributed by atoms with van der Waals surface area (Å²) < 4.78 is 6.14. The number of fused-ring (bicyclic) bond motifs is 5. The number of allylic oxidation sites excluding steroid dienone is 4. The van der Waals surface area contributed by atoms with Crippen molar-refractivity contribution in [1.29, 1.82) is 0 Å². The van der Waals surface area contributed by atoms with Crippen molar-refractivity contribution in [3.63, 3.8) is 0 Å². The summed E-state index contributed by atoms with van der Waals surface area (Å²) in [4.78, 5) is 12.8. The number of hydrogen-bond acceptors (Lipinski definition) is 2. The van der Waals surface area contributed by atoms with Crippen LogP contribution in [0.5, 0.6) is 0 Å². The van der Waals surface area contributed by atoms with Gasteiger partial charge in [0, 0.05) is 12.8 Å². The Morgan fingerprint density at radius 2 is 1.45 bits per heavy atom. The summed E-state index contributed by atoms with van der Waals surface area (Å²) in [6, 6.07) is 0. The van der Waals surface area contributed by atoms with Crippen LogP contribution in [-0.2, 0) is 9.53 Å². The predicted octanol–water partition coefficient (Wildman–Crippen LogP) is 14.5. The van der Waals surface area contributed by atoms with E-state index in [0.717, 1.165) is 49.4 Å². The standard InChI is InChI=1S/C47H80O2/c1-8-10-11-12-13-14-15-16-17-18-19-20-21-22-23-24-45(48)49-40-31-33-46(6)39(35-40)27-28-41-43-30-29-42(47(43,7)34-32-44(41)46)37(5)25-26-38(9-2)36(3)4/h25-27,37-38,40-44H,3,8-24,28-35H2,1-2,4-7H3. The minimum atomic E-state index is 0.0553. The van der Waals surface area contributed by atoms with Crippen LogP contribution in [0.2, 0.25) is 0 Å². The van der Waals surface area contributed by atoms with Crippen LogP contribution in [0, 0.1) is 46.3 Å². The Kier molecular flexibility index (Phi) is 16.6. The fraction of sp³-hybridized carbons (Fsp3) is 0.851. The van der Waals surface area contributed by atoms with Gasteiger partial charge >= 0.3 is 5.97 Å². The summed E-state index contributed by atoms with van der Waals surface area (Å²) >= 11 is 0. The van der Waals surface area contributed by atoms with Crippen molar-refractivity contribution in [3.05, 3.63) is 36.0 Å². The number of unbranched alkanes of at least 4 members (excludes halogenated alkanes) is 14. The molecule has 0 N–H and O–H groups in total. The first-order chi connectivity index (χ1) is 23.6. The highest BCUT2D eigenvalue weighted by Crippen LogP contribution is 2.67. The van der Waals surface area contributed by atoms with Gasteiger partial charge in [0.05, 0.1) is 0 Å². The van der Waals surface area contributed by atoms with E-state index in [1.165, 1.54) is 134 Å². The molecular formula is C47H80O2. The van der Waals surface area contributed by atoms with Gasteiger partial charge in [0.25, 0.3) is 0 Å². The lowest BCUT2D eigenvalue weighted by Gasteiger charge is -2.58. The molecule has 3 fully saturated rings. The zero-order chi connectivity index (χ0) is 35.3. The molecule has 0 heterocycles. The van der Waals surface area contributed by atoms with Gasteiger partial charge in [-0.1, -0.05) is 160 Å². The maximum atomic E-state index is 12.8. The number of rotatable bonds is 22. The maximum absolute atomic E-state index is 12.8. The molecule has 9 atom stereocenters. The first-order valence-electron chi connectivity index (χ1n) is 21.9. The molecule has 0 aromatic carbocycles. The van der Waals surface area contributed by atoms with E-state index in [1.807, 2.05) is 0 Å². The molecule has 2 heteroatoms. The number of carbonyl (C=O) groups is 1. The van der Waals surface area contributed by atoms with E-state index < -0.39 is 0 Å². The van der Waals surface area contributed by atoms with Crippen molar-refractivity contribution in [1.82, 2.24) is 0 Å². The fourth-order valence-electron chi connectivity index (χ4n) is 11.6. The van der Waals surface area contributed by atoms with Crippen molar-refractivity contribution in [3.8, 4) is 0 Å². The Bertz CT molecular complexity index is 1070. The molecule has 280 valence electrons. The van der Waals surface area contributed by atoms with E-state index in [1.54, 1.807) is 5.57 Å². The molecule has 0 aromatic heterocycles. The van der Waals surface area contributed by atoms with Crippen LogP contribution in [-0.4, -0.2) is 12.1 Å². The summed E-state index contributed by atoms with van der Waals surface area (Å²) in [6.45, 7) is 18.8. The Balaban J connectivity index is 1.13.